The lowest BCUT2D eigenvalue weighted by Gasteiger charge is -2.16. The van der Waals surface area contributed by atoms with E-state index in [9.17, 15) is 9.59 Å². The summed E-state index contributed by atoms with van der Waals surface area (Å²) in [5, 5.41) is 0. The van der Waals surface area contributed by atoms with E-state index in [1.165, 1.54) is 0 Å². The molecule has 0 saturated carbocycles. The van der Waals surface area contributed by atoms with Crippen molar-refractivity contribution in [3.05, 3.63) is 144 Å². The quantitative estimate of drug-likeness (QED) is 0.252. The first-order valence-corrected chi connectivity index (χ1v) is 11.6. The number of ether oxygens (including phenoxy) is 2. The number of Topliss-reactive ketones (excluding diaryl/α,β-unsaturated/α-hetero) is 2. The average molecular weight is 467 g/mol. The molecule has 0 bridgehead atoms. The van der Waals surface area contributed by atoms with Gasteiger partial charge in [0.2, 0.25) is 0 Å². The highest BCUT2D eigenvalue weighted by atomic mass is 16.5. The number of benzene rings is 4. The highest BCUT2D eigenvalue weighted by Crippen LogP contribution is 2.23. The third kappa shape index (κ3) is 7.31. The second-order valence-corrected chi connectivity index (χ2v) is 7.73. The van der Waals surface area contributed by atoms with E-state index in [-0.39, 0.29) is 11.6 Å². The molecule has 4 aromatic carbocycles. The third-order valence-electron chi connectivity index (χ3n) is 5.37. The van der Waals surface area contributed by atoms with Crippen molar-refractivity contribution >= 4 is 11.6 Å². The SMILES string of the molecule is CCOC(C(=O)c1ccccc1)c1ccccc1.COC(C(=O)c1ccccc1)c1ccccc1. The first-order valence-electron chi connectivity index (χ1n) is 11.6. The number of rotatable bonds is 9. The van der Waals surface area contributed by atoms with Gasteiger partial charge in [0, 0.05) is 24.8 Å². The van der Waals surface area contributed by atoms with Crippen molar-refractivity contribution in [1.82, 2.24) is 0 Å². The summed E-state index contributed by atoms with van der Waals surface area (Å²) in [4.78, 5) is 24.7. The summed E-state index contributed by atoms with van der Waals surface area (Å²) < 4.78 is 10.9. The van der Waals surface area contributed by atoms with Gasteiger partial charge in [0.05, 0.1) is 0 Å². The lowest BCUT2D eigenvalue weighted by atomic mass is 10.00. The van der Waals surface area contributed by atoms with Crippen molar-refractivity contribution in [2.45, 2.75) is 19.1 Å². The van der Waals surface area contributed by atoms with E-state index in [1.807, 2.05) is 116 Å². The van der Waals surface area contributed by atoms with E-state index in [2.05, 4.69) is 0 Å². The number of carbonyl (C=O) groups excluding carboxylic acids is 2. The lowest BCUT2D eigenvalue weighted by molar-refractivity contribution is 0.0452. The van der Waals surface area contributed by atoms with Crippen molar-refractivity contribution in [3.8, 4) is 0 Å². The molecule has 0 aliphatic heterocycles. The zero-order valence-corrected chi connectivity index (χ0v) is 20.0. The topological polar surface area (TPSA) is 52.6 Å². The summed E-state index contributed by atoms with van der Waals surface area (Å²) in [7, 11) is 1.55. The fraction of sp³-hybridized carbons (Fsp3) is 0.161. The number of carbonyl (C=O) groups is 2. The van der Waals surface area contributed by atoms with Crippen molar-refractivity contribution in [3.63, 3.8) is 0 Å². The van der Waals surface area contributed by atoms with Crippen LogP contribution in [0.1, 0.15) is 51.0 Å². The van der Waals surface area contributed by atoms with Gasteiger partial charge in [-0.3, -0.25) is 9.59 Å². The van der Waals surface area contributed by atoms with Crippen LogP contribution in [0.25, 0.3) is 0 Å². The van der Waals surface area contributed by atoms with Crippen LogP contribution < -0.4 is 0 Å². The average Bonchev–Trinajstić information content (AvgIpc) is 2.94. The van der Waals surface area contributed by atoms with Crippen LogP contribution in [-0.4, -0.2) is 25.3 Å². The lowest BCUT2D eigenvalue weighted by Crippen LogP contribution is -2.16. The smallest absolute Gasteiger partial charge is 0.196 e. The summed E-state index contributed by atoms with van der Waals surface area (Å²) in [5.74, 6) is -0.0112. The first-order chi connectivity index (χ1) is 17.2. The summed E-state index contributed by atoms with van der Waals surface area (Å²) in [6, 6.07) is 37.6. The molecule has 4 nitrogen and oxygen atoms in total. The summed E-state index contributed by atoms with van der Waals surface area (Å²) in [6.07, 6.45) is -1.04. The fourth-order valence-corrected chi connectivity index (χ4v) is 3.65. The summed E-state index contributed by atoms with van der Waals surface area (Å²) in [6.45, 7) is 2.41. The van der Waals surface area contributed by atoms with Crippen LogP contribution in [0.15, 0.2) is 121 Å². The maximum atomic E-state index is 12.4. The van der Waals surface area contributed by atoms with Gasteiger partial charge in [-0.15, -0.1) is 0 Å². The molecule has 4 heteroatoms. The van der Waals surface area contributed by atoms with Gasteiger partial charge in [0.15, 0.2) is 11.6 Å². The number of hydrogen-bond donors (Lipinski definition) is 0. The third-order valence-corrected chi connectivity index (χ3v) is 5.37. The molecule has 0 fully saturated rings. The predicted octanol–water partition coefficient (Wildman–Crippen LogP) is 6.90. The standard InChI is InChI=1S/C16H16O2.C15H14O2/c1-2-18-16(14-11-7-4-8-12-14)15(17)13-9-5-3-6-10-13;1-17-15(13-10-6-3-7-11-13)14(16)12-8-4-2-5-9-12/h3-12,16H,2H2,1H3;2-11,15H,1H3. The normalized spacial score (nSPS) is 12.1. The molecule has 0 spiro atoms. The van der Waals surface area contributed by atoms with Crippen LogP contribution in [0, 0.1) is 0 Å². The van der Waals surface area contributed by atoms with Gasteiger partial charge in [0.1, 0.15) is 12.2 Å². The Balaban J connectivity index is 0.000000196. The molecule has 0 radical (unpaired) electrons. The van der Waals surface area contributed by atoms with Crippen LogP contribution in [0.3, 0.4) is 0 Å². The van der Waals surface area contributed by atoms with Crippen LogP contribution in [0.5, 0.6) is 0 Å². The van der Waals surface area contributed by atoms with E-state index in [0.717, 1.165) is 11.1 Å². The molecule has 0 aliphatic rings. The predicted molar refractivity (Wildman–Crippen MR) is 139 cm³/mol. The molecule has 0 aromatic heterocycles. The molecular weight excluding hydrogens is 436 g/mol. The molecule has 0 N–H and O–H groups in total. The van der Waals surface area contributed by atoms with Crippen LogP contribution in [0.2, 0.25) is 0 Å². The number of ketones is 2. The highest BCUT2D eigenvalue weighted by molar-refractivity contribution is 6.00. The summed E-state index contributed by atoms with van der Waals surface area (Å²) in [5.41, 5.74) is 3.13. The van der Waals surface area contributed by atoms with E-state index >= 15 is 0 Å². The number of hydrogen-bond acceptors (Lipinski definition) is 4. The minimum atomic E-state index is -0.529. The Kier molecular flexibility index (Phi) is 10.1. The Morgan fingerprint density at radius 3 is 1.29 bits per heavy atom. The second-order valence-electron chi connectivity index (χ2n) is 7.73. The van der Waals surface area contributed by atoms with E-state index in [1.54, 1.807) is 19.2 Å². The molecule has 4 aromatic rings. The van der Waals surface area contributed by atoms with Gasteiger partial charge in [-0.05, 0) is 18.1 Å². The zero-order valence-electron chi connectivity index (χ0n) is 20.0. The second kappa shape index (κ2) is 13.8. The van der Waals surface area contributed by atoms with Gasteiger partial charge in [0.25, 0.3) is 0 Å². The van der Waals surface area contributed by atoms with Gasteiger partial charge < -0.3 is 9.47 Å². The Hall–Kier alpha value is -3.86. The monoisotopic (exact) mass is 466 g/mol. The van der Waals surface area contributed by atoms with Crippen LogP contribution in [0.4, 0.5) is 0 Å². The molecule has 2 atom stereocenters. The maximum absolute atomic E-state index is 12.4. The minimum Gasteiger partial charge on any atom is -0.369 e. The van der Waals surface area contributed by atoms with Gasteiger partial charge >= 0.3 is 0 Å². The van der Waals surface area contributed by atoms with Crippen molar-refractivity contribution in [2.24, 2.45) is 0 Å². The van der Waals surface area contributed by atoms with Crippen molar-refractivity contribution < 1.29 is 19.1 Å². The van der Waals surface area contributed by atoms with Crippen LogP contribution in [-0.2, 0) is 9.47 Å². The van der Waals surface area contributed by atoms with Crippen LogP contribution >= 0.6 is 0 Å². The molecule has 0 heterocycles. The fourth-order valence-electron chi connectivity index (χ4n) is 3.65. The molecular formula is C31H30O4. The highest BCUT2D eigenvalue weighted by Gasteiger charge is 2.22. The Labute approximate surface area is 207 Å². The van der Waals surface area contributed by atoms with Gasteiger partial charge in [-0.25, -0.2) is 0 Å². The zero-order chi connectivity index (χ0) is 24.9. The maximum Gasteiger partial charge on any atom is 0.196 e. The Morgan fingerprint density at radius 2 is 0.914 bits per heavy atom. The molecule has 178 valence electrons. The van der Waals surface area contributed by atoms with Gasteiger partial charge in [-0.1, -0.05) is 121 Å². The van der Waals surface area contributed by atoms with E-state index in [0.29, 0.717) is 17.7 Å². The van der Waals surface area contributed by atoms with Gasteiger partial charge in [-0.2, -0.15) is 0 Å². The molecule has 35 heavy (non-hydrogen) atoms. The Morgan fingerprint density at radius 1 is 0.571 bits per heavy atom. The first kappa shape index (κ1) is 25.8. The number of methoxy groups -OCH3 is 1. The van der Waals surface area contributed by atoms with E-state index < -0.39 is 12.2 Å². The Bertz CT molecular complexity index is 1160. The largest absolute Gasteiger partial charge is 0.369 e. The molecule has 4 rings (SSSR count). The molecule has 0 aliphatic carbocycles. The van der Waals surface area contributed by atoms with Crippen molar-refractivity contribution in [1.29, 1.82) is 0 Å². The van der Waals surface area contributed by atoms with E-state index in [4.69, 9.17) is 9.47 Å². The molecule has 2 unspecified atom stereocenters. The molecule has 0 saturated heterocycles. The van der Waals surface area contributed by atoms with Crippen molar-refractivity contribution in [2.75, 3.05) is 13.7 Å². The minimum absolute atomic E-state index is 0.00338. The molecule has 0 amide bonds. The summed E-state index contributed by atoms with van der Waals surface area (Å²) >= 11 is 0.